The second-order valence-electron chi connectivity index (χ2n) is 3.16. The molecule has 0 amide bonds. The Balaban J connectivity index is 0. The van der Waals surface area contributed by atoms with Crippen molar-refractivity contribution in [3.63, 3.8) is 0 Å². The van der Waals surface area contributed by atoms with Crippen LogP contribution in [0.3, 0.4) is 0 Å². The van der Waals surface area contributed by atoms with Crippen LogP contribution in [0.2, 0.25) is 0 Å². The molecule has 20 heavy (non-hydrogen) atoms. The molecule has 0 fully saturated rings. The number of benzene rings is 2. The molecule has 0 unspecified atom stereocenters. The summed E-state index contributed by atoms with van der Waals surface area (Å²) in [5.41, 5.74) is 0. The molecule has 0 aliphatic heterocycles. The van der Waals surface area contributed by atoms with E-state index in [-0.39, 0.29) is 53.2 Å². The Hall–Kier alpha value is -0.670. The molecule has 0 aliphatic carbocycles. The summed E-state index contributed by atoms with van der Waals surface area (Å²) in [6, 6.07) is -0.0858. The first kappa shape index (κ1) is 21.6. The Morgan fingerprint density at radius 2 is 0.900 bits per heavy atom. The van der Waals surface area contributed by atoms with Gasteiger partial charge in [0, 0.05) is 6.07 Å². The van der Waals surface area contributed by atoms with E-state index in [9.17, 15) is 30.7 Å². The molecule has 0 aliphatic rings. The van der Waals surface area contributed by atoms with Crippen molar-refractivity contribution in [1.82, 2.24) is 0 Å². The van der Waals surface area contributed by atoms with Crippen LogP contribution in [0, 0.1) is 40.7 Å². The summed E-state index contributed by atoms with van der Waals surface area (Å²) in [4.78, 5) is 0. The zero-order valence-electron chi connectivity index (χ0n) is 9.19. The van der Waals surface area contributed by atoms with Crippen LogP contribution in [0.5, 0.6) is 0 Å². The normalized spacial score (nSPS) is 9.55. The van der Waals surface area contributed by atoms with E-state index in [2.05, 4.69) is 0 Å². The number of rotatable bonds is 0. The Morgan fingerprint density at radius 3 is 1.35 bits per heavy atom. The number of halogens is 9. The van der Waals surface area contributed by atoms with Crippen molar-refractivity contribution in [3.05, 3.63) is 46.8 Å². The average Bonchev–Trinajstić information content (AvgIpc) is 2.28. The summed E-state index contributed by atoms with van der Waals surface area (Å²) in [5.74, 6) is -14.5. The average molecular weight is 332 g/mol. The standard InChI is InChI=1S/C10HF7.Ca.2FH/c11-2-1-3(12)6(13)5-4(2)7(14)9(16)10(17)8(5)15;;;/h1H;;2*1H/q;+2;;/p-2. The largest absolute Gasteiger partial charge is 2.00 e. The number of fused-ring (bicyclic) bond motifs is 1. The molecule has 0 spiro atoms. The third kappa shape index (κ3) is 2.99. The minimum absolute atomic E-state index is 0. The molecule has 0 saturated carbocycles. The van der Waals surface area contributed by atoms with E-state index in [1.165, 1.54) is 0 Å². The van der Waals surface area contributed by atoms with Crippen LogP contribution < -0.4 is 9.41 Å². The maximum absolute atomic E-state index is 13.1. The minimum Gasteiger partial charge on any atom is -1.00 e. The van der Waals surface area contributed by atoms with Gasteiger partial charge in [-0.1, -0.05) is 0 Å². The predicted octanol–water partition coefficient (Wildman–Crippen LogP) is -2.56. The summed E-state index contributed by atoms with van der Waals surface area (Å²) in [7, 11) is 0. The SMILES string of the molecule is Fc1cc(F)c2c(F)c(F)c(F)c(F)c2c1F.[Ca+2].[F-].[F-]. The van der Waals surface area contributed by atoms with Gasteiger partial charge in [-0.15, -0.1) is 0 Å². The van der Waals surface area contributed by atoms with Crippen LogP contribution in [0.1, 0.15) is 0 Å². The van der Waals surface area contributed by atoms with Gasteiger partial charge in [0.1, 0.15) is 5.82 Å². The molecule has 10 heteroatoms. The van der Waals surface area contributed by atoms with Gasteiger partial charge in [-0.2, -0.15) is 0 Å². The molecular weight excluding hydrogens is 331 g/mol. The van der Waals surface area contributed by atoms with Crippen molar-refractivity contribution in [2.45, 2.75) is 0 Å². The molecule has 0 aromatic heterocycles. The fourth-order valence-electron chi connectivity index (χ4n) is 1.43. The molecule has 2 rings (SSSR count). The van der Waals surface area contributed by atoms with Crippen LogP contribution in [-0.2, 0) is 0 Å². The van der Waals surface area contributed by atoms with Crippen molar-refractivity contribution in [2.75, 3.05) is 0 Å². The van der Waals surface area contributed by atoms with E-state index in [0.717, 1.165) is 0 Å². The molecule has 0 N–H and O–H groups in total. The van der Waals surface area contributed by atoms with Crippen LogP contribution in [0.4, 0.5) is 30.7 Å². The van der Waals surface area contributed by atoms with Gasteiger partial charge in [-0.25, -0.2) is 30.7 Å². The first-order valence-electron chi connectivity index (χ1n) is 4.15. The third-order valence-electron chi connectivity index (χ3n) is 2.19. The van der Waals surface area contributed by atoms with Gasteiger partial charge in [0.15, 0.2) is 34.9 Å². The van der Waals surface area contributed by atoms with Crippen LogP contribution in [-0.4, -0.2) is 37.7 Å². The van der Waals surface area contributed by atoms with Gasteiger partial charge >= 0.3 is 37.7 Å². The van der Waals surface area contributed by atoms with E-state index < -0.39 is 51.5 Å². The quantitative estimate of drug-likeness (QED) is 0.216. The van der Waals surface area contributed by atoms with Gasteiger partial charge < -0.3 is 9.41 Å². The van der Waals surface area contributed by atoms with E-state index in [1.807, 2.05) is 0 Å². The molecule has 0 bridgehead atoms. The van der Waals surface area contributed by atoms with Crippen molar-refractivity contribution < 1.29 is 40.1 Å². The van der Waals surface area contributed by atoms with Crippen molar-refractivity contribution in [2.24, 2.45) is 0 Å². The molecular formula is C10HCaF9. The molecule has 0 atom stereocenters. The van der Waals surface area contributed by atoms with E-state index in [1.54, 1.807) is 0 Å². The first-order chi connectivity index (χ1) is 7.86. The Kier molecular flexibility index (Phi) is 7.97. The predicted molar refractivity (Wildman–Crippen MR) is 49.4 cm³/mol. The minimum atomic E-state index is -2.33. The summed E-state index contributed by atoms with van der Waals surface area (Å²) in [5, 5.41) is -3.07. The molecule has 2 aromatic carbocycles. The Bertz CT molecular complexity index is 641. The van der Waals surface area contributed by atoms with Gasteiger partial charge in [0.05, 0.1) is 10.8 Å². The Morgan fingerprint density at radius 1 is 0.500 bits per heavy atom. The monoisotopic (exact) mass is 332 g/mol. The molecule has 0 saturated heterocycles. The summed E-state index contributed by atoms with van der Waals surface area (Å²) in [6.07, 6.45) is 0. The summed E-state index contributed by atoms with van der Waals surface area (Å²) < 4.78 is 90.6. The van der Waals surface area contributed by atoms with Crippen molar-refractivity contribution in [3.8, 4) is 0 Å². The van der Waals surface area contributed by atoms with E-state index in [0.29, 0.717) is 0 Å². The topological polar surface area (TPSA) is 0 Å². The van der Waals surface area contributed by atoms with Crippen LogP contribution >= 0.6 is 0 Å². The fourth-order valence-corrected chi connectivity index (χ4v) is 1.43. The second kappa shape index (κ2) is 7.37. The number of hydrogen-bond donors (Lipinski definition) is 0. The zero-order valence-corrected chi connectivity index (χ0v) is 11.4. The van der Waals surface area contributed by atoms with Crippen molar-refractivity contribution in [1.29, 1.82) is 0 Å². The smallest absolute Gasteiger partial charge is 1.00 e. The van der Waals surface area contributed by atoms with Crippen molar-refractivity contribution >= 4 is 48.5 Å². The number of hydrogen-bond acceptors (Lipinski definition) is 0. The molecule has 0 nitrogen and oxygen atoms in total. The van der Waals surface area contributed by atoms with Gasteiger partial charge in [-0.05, 0) is 0 Å². The van der Waals surface area contributed by atoms with Gasteiger partial charge in [0.2, 0.25) is 0 Å². The second-order valence-corrected chi connectivity index (χ2v) is 3.16. The fraction of sp³-hybridized carbons (Fsp3) is 0. The molecule has 2 aromatic rings. The molecule has 0 heterocycles. The Labute approximate surface area is 135 Å². The van der Waals surface area contributed by atoms with E-state index >= 15 is 0 Å². The maximum atomic E-state index is 13.1. The van der Waals surface area contributed by atoms with Gasteiger partial charge in [-0.3, -0.25) is 0 Å². The van der Waals surface area contributed by atoms with Gasteiger partial charge in [0.25, 0.3) is 0 Å². The summed E-state index contributed by atoms with van der Waals surface area (Å²) in [6.45, 7) is 0. The first-order valence-corrected chi connectivity index (χ1v) is 4.15. The maximum Gasteiger partial charge on any atom is 2.00 e. The van der Waals surface area contributed by atoms with Crippen LogP contribution in [0.25, 0.3) is 10.8 Å². The third-order valence-corrected chi connectivity index (χ3v) is 2.19. The van der Waals surface area contributed by atoms with Crippen LogP contribution in [0.15, 0.2) is 6.07 Å². The molecule has 0 radical (unpaired) electrons. The summed E-state index contributed by atoms with van der Waals surface area (Å²) >= 11 is 0. The molecule has 106 valence electrons. The zero-order chi connectivity index (χ0) is 12.9. The van der Waals surface area contributed by atoms with E-state index in [4.69, 9.17) is 0 Å².